The molecule has 0 unspecified atom stereocenters. The van der Waals surface area contributed by atoms with E-state index in [0.717, 1.165) is 6.42 Å². The number of epoxide rings is 1. The van der Waals surface area contributed by atoms with Gasteiger partial charge in [-0.15, -0.1) is 0 Å². The molecule has 2 fully saturated rings. The number of aliphatic hydroxyl groups is 1. The van der Waals surface area contributed by atoms with Crippen LogP contribution in [0.4, 0.5) is 0 Å². The third-order valence-electron chi connectivity index (χ3n) is 3.43. The van der Waals surface area contributed by atoms with Crippen molar-refractivity contribution in [2.75, 3.05) is 6.61 Å². The van der Waals surface area contributed by atoms with Gasteiger partial charge in [-0.25, -0.2) is 0 Å². The molecular formula is C13H16O3. The van der Waals surface area contributed by atoms with Gasteiger partial charge in [-0.2, -0.15) is 0 Å². The van der Waals surface area contributed by atoms with Crippen LogP contribution in [0.2, 0.25) is 0 Å². The van der Waals surface area contributed by atoms with E-state index in [1.54, 1.807) is 0 Å². The summed E-state index contributed by atoms with van der Waals surface area (Å²) < 4.78 is 11.0. The number of benzene rings is 1. The third-order valence-corrected chi connectivity index (χ3v) is 3.43. The summed E-state index contributed by atoms with van der Waals surface area (Å²) in [5, 5.41) is 9.73. The van der Waals surface area contributed by atoms with Gasteiger partial charge in [0.15, 0.2) is 0 Å². The molecule has 0 bridgehead atoms. The molecule has 0 aromatic heterocycles. The smallest absolute Gasteiger partial charge is 0.0917 e. The van der Waals surface area contributed by atoms with Crippen molar-refractivity contribution in [2.24, 2.45) is 5.92 Å². The van der Waals surface area contributed by atoms with Crippen LogP contribution < -0.4 is 0 Å². The topological polar surface area (TPSA) is 42.0 Å². The van der Waals surface area contributed by atoms with Crippen LogP contribution in [0.15, 0.2) is 30.3 Å². The van der Waals surface area contributed by atoms with Gasteiger partial charge < -0.3 is 14.6 Å². The highest BCUT2D eigenvalue weighted by atomic mass is 16.6. The maximum atomic E-state index is 9.73. The van der Waals surface area contributed by atoms with Gasteiger partial charge in [0.2, 0.25) is 0 Å². The zero-order valence-corrected chi connectivity index (χ0v) is 9.08. The number of ether oxygens (including phenoxy) is 2. The Balaban J connectivity index is 1.47. The summed E-state index contributed by atoms with van der Waals surface area (Å²) in [6.07, 6.45) is 1.11. The Kier molecular flexibility index (Phi) is 2.67. The quantitative estimate of drug-likeness (QED) is 0.779. The average molecular weight is 220 g/mol. The van der Waals surface area contributed by atoms with E-state index in [-0.39, 0.29) is 18.1 Å². The molecule has 86 valence electrons. The van der Waals surface area contributed by atoms with Gasteiger partial charge in [0, 0.05) is 12.3 Å². The summed E-state index contributed by atoms with van der Waals surface area (Å²) in [7, 11) is 0. The maximum Gasteiger partial charge on any atom is 0.0917 e. The minimum absolute atomic E-state index is 0.175. The summed E-state index contributed by atoms with van der Waals surface area (Å²) in [6, 6.07) is 10.1. The second-order valence-corrected chi connectivity index (χ2v) is 4.61. The van der Waals surface area contributed by atoms with E-state index in [9.17, 15) is 5.11 Å². The van der Waals surface area contributed by atoms with Crippen LogP contribution >= 0.6 is 0 Å². The highest BCUT2D eigenvalue weighted by molar-refractivity contribution is 5.13. The molecule has 3 heteroatoms. The lowest BCUT2D eigenvalue weighted by molar-refractivity contribution is 0.00570. The van der Waals surface area contributed by atoms with E-state index in [1.807, 2.05) is 30.3 Å². The second kappa shape index (κ2) is 4.17. The Morgan fingerprint density at radius 2 is 2.12 bits per heavy atom. The number of rotatable bonds is 4. The molecule has 1 saturated carbocycles. The highest BCUT2D eigenvalue weighted by Gasteiger charge is 2.55. The van der Waals surface area contributed by atoms with Crippen LogP contribution in [-0.4, -0.2) is 30.0 Å². The van der Waals surface area contributed by atoms with E-state index in [0.29, 0.717) is 19.3 Å². The summed E-state index contributed by atoms with van der Waals surface area (Å²) >= 11 is 0. The van der Waals surface area contributed by atoms with E-state index in [2.05, 4.69) is 0 Å². The van der Waals surface area contributed by atoms with Crippen LogP contribution in [0.5, 0.6) is 0 Å². The van der Waals surface area contributed by atoms with E-state index >= 15 is 0 Å². The normalized spacial score (nSPS) is 36.1. The second-order valence-electron chi connectivity index (χ2n) is 4.61. The Labute approximate surface area is 95.0 Å². The van der Waals surface area contributed by atoms with Crippen LogP contribution in [0.25, 0.3) is 0 Å². The molecule has 1 aromatic rings. The first-order chi connectivity index (χ1) is 7.84. The maximum absolute atomic E-state index is 9.73. The molecule has 1 aliphatic heterocycles. The zero-order chi connectivity index (χ0) is 11.0. The van der Waals surface area contributed by atoms with E-state index in [1.165, 1.54) is 5.56 Å². The predicted octanol–water partition coefficient (Wildman–Crippen LogP) is 1.35. The molecule has 0 spiro atoms. The van der Waals surface area contributed by atoms with Crippen LogP contribution in [0.3, 0.4) is 0 Å². The Hall–Kier alpha value is -0.900. The first kappa shape index (κ1) is 10.3. The predicted molar refractivity (Wildman–Crippen MR) is 58.9 cm³/mol. The van der Waals surface area contributed by atoms with Crippen LogP contribution in [0.1, 0.15) is 12.0 Å². The lowest BCUT2D eigenvalue weighted by Gasteiger charge is -2.16. The number of hydrogen-bond acceptors (Lipinski definition) is 3. The monoisotopic (exact) mass is 220 g/mol. The van der Waals surface area contributed by atoms with E-state index in [4.69, 9.17) is 9.47 Å². The molecule has 16 heavy (non-hydrogen) atoms. The van der Waals surface area contributed by atoms with Crippen molar-refractivity contribution in [1.29, 1.82) is 0 Å². The molecule has 1 aromatic carbocycles. The first-order valence-electron chi connectivity index (χ1n) is 5.80. The van der Waals surface area contributed by atoms with Gasteiger partial charge in [-0.1, -0.05) is 30.3 Å². The fourth-order valence-corrected chi connectivity index (χ4v) is 2.45. The minimum atomic E-state index is -0.237. The fourth-order valence-electron chi connectivity index (χ4n) is 2.45. The van der Waals surface area contributed by atoms with Crippen molar-refractivity contribution in [2.45, 2.75) is 31.3 Å². The number of fused-ring (bicyclic) bond motifs is 1. The molecule has 0 amide bonds. The minimum Gasteiger partial charge on any atom is -0.393 e. The summed E-state index contributed by atoms with van der Waals surface area (Å²) in [4.78, 5) is 0. The largest absolute Gasteiger partial charge is 0.393 e. The van der Waals surface area contributed by atoms with Crippen molar-refractivity contribution < 1.29 is 14.6 Å². The molecule has 1 heterocycles. The van der Waals surface area contributed by atoms with Crippen LogP contribution in [-0.2, 0) is 16.1 Å². The SMILES string of the molecule is O[C@@H]1C[C@H]2O[C@H]2[C@@H]1COCc1ccccc1. The van der Waals surface area contributed by atoms with Crippen molar-refractivity contribution in [1.82, 2.24) is 0 Å². The van der Waals surface area contributed by atoms with Crippen molar-refractivity contribution in [3.63, 3.8) is 0 Å². The summed E-state index contributed by atoms with van der Waals surface area (Å²) in [5.41, 5.74) is 1.17. The average Bonchev–Trinajstić information content (AvgIpc) is 2.98. The van der Waals surface area contributed by atoms with Gasteiger partial charge >= 0.3 is 0 Å². The third kappa shape index (κ3) is 1.98. The molecule has 1 saturated heterocycles. The molecule has 1 aliphatic carbocycles. The van der Waals surface area contributed by atoms with Crippen molar-refractivity contribution >= 4 is 0 Å². The lowest BCUT2D eigenvalue weighted by atomic mass is 10.1. The molecule has 3 nitrogen and oxygen atoms in total. The number of aliphatic hydroxyl groups excluding tert-OH is 1. The first-order valence-corrected chi connectivity index (χ1v) is 5.80. The molecule has 3 rings (SSSR count). The van der Waals surface area contributed by atoms with E-state index < -0.39 is 0 Å². The zero-order valence-electron chi connectivity index (χ0n) is 9.08. The molecule has 4 atom stereocenters. The fraction of sp³-hybridized carbons (Fsp3) is 0.538. The molecular weight excluding hydrogens is 204 g/mol. The Morgan fingerprint density at radius 3 is 2.81 bits per heavy atom. The highest BCUT2D eigenvalue weighted by Crippen LogP contribution is 2.43. The Morgan fingerprint density at radius 1 is 1.31 bits per heavy atom. The lowest BCUT2D eigenvalue weighted by Crippen LogP contribution is -2.25. The standard InChI is InChI=1S/C13H16O3/c14-11-6-12-13(16-12)10(11)8-15-7-9-4-2-1-3-5-9/h1-5,10-14H,6-8H2/t10-,11-,12-,13+/m1/s1. The van der Waals surface area contributed by atoms with Gasteiger partial charge in [0.25, 0.3) is 0 Å². The molecule has 2 aliphatic rings. The van der Waals surface area contributed by atoms with Gasteiger partial charge in [0.1, 0.15) is 0 Å². The van der Waals surface area contributed by atoms with Crippen LogP contribution in [0, 0.1) is 5.92 Å². The summed E-state index contributed by atoms with van der Waals surface area (Å²) in [5.74, 6) is 0.175. The van der Waals surface area contributed by atoms with Gasteiger partial charge in [-0.3, -0.25) is 0 Å². The van der Waals surface area contributed by atoms with Crippen molar-refractivity contribution in [3.05, 3.63) is 35.9 Å². The summed E-state index contributed by atoms with van der Waals surface area (Å²) in [6.45, 7) is 1.21. The number of hydrogen-bond donors (Lipinski definition) is 1. The van der Waals surface area contributed by atoms with Gasteiger partial charge in [0.05, 0.1) is 31.5 Å². The molecule has 0 radical (unpaired) electrons. The van der Waals surface area contributed by atoms with Gasteiger partial charge in [-0.05, 0) is 5.56 Å². The Bertz CT molecular complexity index is 349. The van der Waals surface area contributed by atoms with Crippen molar-refractivity contribution in [3.8, 4) is 0 Å². The molecule has 1 N–H and O–H groups in total.